The molecule has 7 heteroatoms. The Bertz CT molecular complexity index is 962. The van der Waals surface area contributed by atoms with Gasteiger partial charge in [-0.15, -0.1) is 11.3 Å². The van der Waals surface area contributed by atoms with E-state index in [9.17, 15) is 0 Å². The molecule has 0 saturated heterocycles. The molecule has 124 valence electrons. The highest BCUT2D eigenvalue weighted by atomic mass is 35.5. The highest BCUT2D eigenvalue weighted by molar-refractivity contribution is 7.09. The van der Waals surface area contributed by atoms with Gasteiger partial charge in [0.05, 0.1) is 11.6 Å². The molecule has 0 aliphatic heterocycles. The Kier molecular flexibility index (Phi) is 4.29. The molecule has 0 aliphatic rings. The smallest absolute Gasteiger partial charge is 0.159 e. The van der Waals surface area contributed by atoms with Gasteiger partial charge in [-0.1, -0.05) is 11.6 Å². The van der Waals surface area contributed by atoms with Gasteiger partial charge in [-0.3, -0.25) is 0 Å². The number of aromatic nitrogens is 5. The first-order valence-electron chi connectivity index (χ1n) is 7.73. The summed E-state index contributed by atoms with van der Waals surface area (Å²) in [6, 6.07) is 7.58. The third-order valence-electron chi connectivity index (χ3n) is 3.91. The van der Waals surface area contributed by atoms with E-state index in [0.717, 1.165) is 22.0 Å². The normalized spacial score (nSPS) is 12.2. The molecule has 0 fully saturated rings. The van der Waals surface area contributed by atoms with Gasteiger partial charge in [-0.25, -0.2) is 19.9 Å². The zero-order valence-electron chi connectivity index (χ0n) is 13.4. The number of hydrogen-bond acceptors (Lipinski definition) is 5. The topological polar surface area (TPSA) is 56.5 Å². The lowest BCUT2D eigenvalue weighted by atomic mass is 10.2. The number of imidazole rings is 1. The highest BCUT2D eigenvalue weighted by Crippen LogP contribution is 2.26. The summed E-state index contributed by atoms with van der Waals surface area (Å²) < 4.78 is 2.08. The van der Waals surface area contributed by atoms with Crippen molar-refractivity contribution in [2.75, 3.05) is 0 Å². The number of nitrogens with zero attached hydrogens (tertiary/aromatic N) is 5. The van der Waals surface area contributed by atoms with Crippen LogP contribution in [-0.4, -0.2) is 24.5 Å². The van der Waals surface area contributed by atoms with Crippen LogP contribution in [-0.2, 0) is 0 Å². The molecule has 0 radical (unpaired) electrons. The molecule has 4 rings (SSSR count). The summed E-state index contributed by atoms with van der Waals surface area (Å²) in [6.07, 6.45) is 9.15. The minimum Gasteiger partial charge on any atom is -0.321 e. The van der Waals surface area contributed by atoms with Crippen molar-refractivity contribution >= 4 is 22.9 Å². The quantitative estimate of drug-likeness (QED) is 0.523. The molecule has 5 nitrogen and oxygen atoms in total. The van der Waals surface area contributed by atoms with Crippen LogP contribution >= 0.6 is 22.9 Å². The lowest BCUT2D eigenvalue weighted by Gasteiger charge is -2.14. The van der Waals surface area contributed by atoms with E-state index in [1.807, 2.05) is 42.0 Å². The van der Waals surface area contributed by atoms with E-state index in [1.165, 1.54) is 0 Å². The summed E-state index contributed by atoms with van der Waals surface area (Å²) in [6.45, 7) is 2.10. The van der Waals surface area contributed by atoms with Crippen LogP contribution in [0.4, 0.5) is 0 Å². The summed E-state index contributed by atoms with van der Waals surface area (Å²) in [5.74, 6) is 1.48. The van der Waals surface area contributed by atoms with Crippen molar-refractivity contribution in [3.8, 4) is 22.8 Å². The third kappa shape index (κ3) is 3.18. The summed E-state index contributed by atoms with van der Waals surface area (Å²) in [5, 5.41) is 3.71. The highest BCUT2D eigenvalue weighted by Gasteiger charge is 2.16. The van der Waals surface area contributed by atoms with Gasteiger partial charge in [0.25, 0.3) is 0 Å². The summed E-state index contributed by atoms with van der Waals surface area (Å²) in [5.41, 5.74) is 1.79. The van der Waals surface area contributed by atoms with Crippen molar-refractivity contribution < 1.29 is 0 Å². The lowest BCUT2D eigenvalue weighted by Crippen LogP contribution is -2.07. The maximum Gasteiger partial charge on any atom is 0.159 e. The van der Waals surface area contributed by atoms with Gasteiger partial charge in [-0.05, 0) is 31.2 Å². The van der Waals surface area contributed by atoms with E-state index in [-0.39, 0.29) is 6.04 Å². The molecule has 0 bridgehead atoms. The molecule has 0 aliphatic carbocycles. The van der Waals surface area contributed by atoms with E-state index in [4.69, 9.17) is 11.6 Å². The fourth-order valence-electron chi connectivity index (χ4n) is 2.60. The minimum absolute atomic E-state index is 0.105. The average Bonchev–Trinajstić information content (AvgIpc) is 3.34. The van der Waals surface area contributed by atoms with Crippen LogP contribution in [0.15, 0.2) is 60.6 Å². The number of benzene rings is 1. The molecule has 25 heavy (non-hydrogen) atoms. The van der Waals surface area contributed by atoms with Crippen LogP contribution in [0.1, 0.15) is 18.0 Å². The number of hydrogen-bond donors (Lipinski definition) is 0. The standard InChI is InChI=1S/C18H14ClN5S/c1-12(18-21-7-9-25-18)24-8-6-20-17(24)14-10-22-16(23-11-14)13-2-4-15(19)5-3-13/h2-12H,1H3. The van der Waals surface area contributed by atoms with Gasteiger partial charge >= 0.3 is 0 Å². The molecule has 3 aromatic heterocycles. The molecule has 0 amide bonds. The SMILES string of the molecule is CC(c1nccs1)n1ccnc1-c1cnc(-c2ccc(Cl)cc2)nc1. The van der Waals surface area contributed by atoms with Crippen molar-refractivity contribution in [1.82, 2.24) is 24.5 Å². The van der Waals surface area contributed by atoms with Crippen LogP contribution in [0.2, 0.25) is 5.02 Å². The second-order valence-electron chi connectivity index (χ2n) is 5.51. The monoisotopic (exact) mass is 367 g/mol. The van der Waals surface area contributed by atoms with E-state index in [0.29, 0.717) is 10.8 Å². The molecule has 0 spiro atoms. The van der Waals surface area contributed by atoms with Crippen molar-refractivity contribution in [2.45, 2.75) is 13.0 Å². The first-order valence-corrected chi connectivity index (χ1v) is 8.99. The van der Waals surface area contributed by atoms with E-state index >= 15 is 0 Å². The minimum atomic E-state index is 0.105. The number of halogens is 1. The summed E-state index contributed by atoms with van der Waals surface area (Å²) in [4.78, 5) is 17.8. The zero-order valence-corrected chi connectivity index (χ0v) is 14.9. The molecule has 4 aromatic rings. The Hall–Kier alpha value is -2.57. The van der Waals surface area contributed by atoms with Crippen LogP contribution in [0.3, 0.4) is 0 Å². The fraction of sp³-hybridized carbons (Fsp3) is 0.111. The number of rotatable bonds is 4. The second kappa shape index (κ2) is 6.74. The van der Waals surface area contributed by atoms with E-state index < -0.39 is 0 Å². The lowest BCUT2D eigenvalue weighted by molar-refractivity contribution is 0.641. The van der Waals surface area contributed by atoms with E-state index in [1.54, 1.807) is 29.9 Å². The Morgan fingerprint density at radius 1 is 0.960 bits per heavy atom. The van der Waals surface area contributed by atoms with Crippen LogP contribution in [0.5, 0.6) is 0 Å². The van der Waals surface area contributed by atoms with Crippen LogP contribution in [0, 0.1) is 0 Å². The van der Waals surface area contributed by atoms with Gasteiger partial charge in [0.1, 0.15) is 10.8 Å². The molecule has 1 atom stereocenters. The second-order valence-corrected chi connectivity index (χ2v) is 6.87. The van der Waals surface area contributed by atoms with Crippen molar-refractivity contribution in [2.24, 2.45) is 0 Å². The largest absolute Gasteiger partial charge is 0.321 e. The Morgan fingerprint density at radius 3 is 2.40 bits per heavy atom. The van der Waals surface area contributed by atoms with E-state index in [2.05, 4.69) is 31.4 Å². The Balaban J connectivity index is 1.65. The van der Waals surface area contributed by atoms with Crippen molar-refractivity contribution in [3.63, 3.8) is 0 Å². The zero-order chi connectivity index (χ0) is 17.2. The predicted molar refractivity (Wildman–Crippen MR) is 99.6 cm³/mol. The van der Waals surface area contributed by atoms with Crippen molar-refractivity contribution in [3.05, 3.63) is 70.7 Å². The molecular weight excluding hydrogens is 354 g/mol. The molecule has 3 heterocycles. The van der Waals surface area contributed by atoms with Gasteiger partial charge in [0, 0.05) is 47.0 Å². The van der Waals surface area contributed by atoms with Crippen molar-refractivity contribution in [1.29, 1.82) is 0 Å². The van der Waals surface area contributed by atoms with Gasteiger partial charge < -0.3 is 4.57 Å². The number of thiazole rings is 1. The Labute approximate surface area is 154 Å². The fourth-order valence-corrected chi connectivity index (χ4v) is 3.42. The van der Waals surface area contributed by atoms with Gasteiger partial charge in [0.15, 0.2) is 5.82 Å². The van der Waals surface area contributed by atoms with Crippen LogP contribution in [0.25, 0.3) is 22.8 Å². The maximum atomic E-state index is 5.93. The molecular formula is C18H14ClN5S. The molecule has 0 saturated carbocycles. The molecule has 1 unspecified atom stereocenters. The summed E-state index contributed by atoms with van der Waals surface area (Å²) >= 11 is 7.56. The third-order valence-corrected chi connectivity index (χ3v) is 5.10. The first kappa shape index (κ1) is 15.9. The summed E-state index contributed by atoms with van der Waals surface area (Å²) in [7, 11) is 0. The van der Waals surface area contributed by atoms with Gasteiger partial charge in [0.2, 0.25) is 0 Å². The Morgan fingerprint density at radius 2 is 1.72 bits per heavy atom. The average molecular weight is 368 g/mol. The first-order chi connectivity index (χ1) is 12.2. The van der Waals surface area contributed by atoms with Gasteiger partial charge in [-0.2, -0.15) is 0 Å². The predicted octanol–water partition coefficient (Wildman–Crippen LogP) is 4.73. The molecule has 1 aromatic carbocycles. The molecule has 0 N–H and O–H groups in total. The maximum absolute atomic E-state index is 5.93. The van der Waals surface area contributed by atoms with Crippen LogP contribution < -0.4 is 0 Å².